The van der Waals surface area contributed by atoms with Crippen LogP contribution in [0.15, 0.2) is 21.9 Å². The lowest BCUT2D eigenvalue weighted by atomic mass is 10.1. The van der Waals surface area contributed by atoms with Gasteiger partial charge in [0.05, 0.1) is 12.5 Å². The molecule has 0 radical (unpaired) electrons. The van der Waals surface area contributed by atoms with Gasteiger partial charge in [-0.3, -0.25) is 14.2 Å². The average Bonchev–Trinajstić information content (AvgIpc) is 3.27. The molecule has 3 heterocycles. The minimum atomic E-state index is -2.85. The number of alkyl halides is 1. The molecular weight excluding hydrogens is 449 g/mol. The second-order valence-electron chi connectivity index (χ2n) is 7.68. The molecule has 0 unspecified atom stereocenters. The zero-order chi connectivity index (χ0) is 24.3. The molecule has 13 nitrogen and oxygen atoms in total. The van der Waals surface area contributed by atoms with E-state index in [1.165, 1.54) is 13.8 Å². The van der Waals surface area contributed by atoms with Crippen molar-refractivity contribution >= 4 is 18.2 Å². The van der Waals surface area contributed by atoms with E-state index in [4.69, 9.17) is 23.7 Å². The summed E-state index contributed by atoms with van der Waals surface area (Å²) < 4.78 is 41.3. The highest BCUT2D eigenvalue weighted by atomic mass is 19.2. The summed E-state index contributed by atoms with van der Waals surface area (Å²) in [6, 6.07) is 0.864. The second-order valence-corrected chi connectivity index (χ2v) is 7.68. The number of esters is 1. The predicted octanol–water partition coefficient (Wildman–Crippen LogP) is -0.0980. The van der Waals surface area contributed by atoms with Crippen LogP contribution in [-0.4, -0.2) is 72.2 Å². The molecule has 14 heteroatoms. The molecule has 0 saturated carbocycles. The van der Waals surface area contributed by atoms with Gasteiger partial charge in [-0.25, -0.2) is 18.8 Å². The first-order chi connectivity index (χ1) is 15.6. The monoisotopic (exact) mass is 473 g/mol. The molecule has 2 saturated heterocycles. The lowest BCUT2D eigenvalue weighted by molar-refractivity contribution is -0.220. The molecule has 2 aliphatic heterocycles. The number of nitrogens with one attached hydrogen (secondary N) is 1. The van der Waals surface area contributed by atoms with Crippen molar-refractivity contribution < 1.29 is 42.5 Å². The first-order valence-electron chi connectivity index (χ1n) is 10.2. The average molecular weight is 473 g/mol. The van der Waals surface area contributed by atoms with Crippen molar-refractivity contribution in [3.05, 3.63) is 33.1 Å². The zero-order valence-electron chi connectivity index (χ0n) is 18.1. The highest BCUT2D eigenvalue weighted by molar-refractivity contribution is 5.71. The van der Waals surface area contributed by atoms with Crippen LogP contribution >= 0.6 is 0 Å². The summed E-state index contributed by atoms with van der Waals surface area (Å²) in [5.74, 6) is -4.14. The maximum absolute atomic E-state index is 15.6. The van der Waals surface area contributed by atoms with Crippen LogP contribution in [0.2, 0.25) is 0 Å². The van der Waals surface area contributed by atoms with Gasteiger partial charge in [0, 0.05) is 12.3 Å². The van der Waals surface area contributed by atoms with Crippen molar-refractivity contribution in [1.82, 2.24) is 14.5 Å². The molecule has 0 amide bonds. The number of hydrogen-bond donors (Lipinski definition) is 1. The third-order valence-corrected chi connectivity index (χ3v) is 4.92. The van der Waals surface area contributed by atoms with E-state index in [1.807, 2.05) is 0 Å². The number of halogens is 1. The molecule has 4 atom stereocenters. The molecule has 1 N–H and O–H groups in total. The van der Waals surface area contributed by atoms with Crippen LogP contribution < -0.4 is 16.6 Å². The van der Waals surface area contributed by atoms with Gasteiger partial charge in [-0.2, -0.15) is 4.57 Å². The van der Waals surface area contributed by atoms with Crippen molar-refractivity contribution in [1.29, 1.82) is 0 Å². The van der Waals surface area contributed by atoms with E-state index in [9.17, 15) is 24.0 Å². The maximum Gasteiger partial charge on any atom is 0.509 e. The van der Waals surface area contributed by atoms with Crippen LogP contribution in [0.1, 0.15) is 26.5 Å². The van der Waals surface area contributed by atoms with Crippen molar-refractivity contribution in [3.8, 4) is 0 Å². The zero-order valence-corrected chi connectivity index (χ0v) is 18.1. The van der Waals surface area contributed by atoms with Crippen LogP contribution in [0.25, 0.3) is 0 Å². The normalized spacial score (nSPS) is 26.0. The summed E-state index contributed by atoms with van der Waals surface area (Å²) in [7, 11) is 1.70. The van der Waals surface area contributed by atoms with E-state index in [1.54, 1.807) is 7.05 Å². The minimum absolute atomic E-state index is 0.0641. The van der Waals surface area contributed by atoms with E-state index in [0.29, 0.717) is 17.5 Å². The predicted molar refractivity (Wildman–Crippen MR) is 105 cm³/mol. The van der Waals surface area contributed by atoms with Gasteiger partial charge < -0.3 is 29.0 Å². The summed E-state index contributed by atoms with van der Waals surface area (Å²) in [4.78, 5) is 60.7. The van der Waals surface area contributed by atoms with Gasteiger partial charge in [0.2, 0.25) is 6.10 Å². The number of hydrogen-bond acceptors (Lipinski definition) is 11. The number of rotatable bonds is 8. The van der Waals surface area contributed by atoms with Gasteiger partial charge in [-0.1, -0.05) is 13.8 Å². The Morgan fingerprint density at radius 3 is 2.64 bits per heavy atom. The molecule has 0 bridgehead atoms. The third-order valence-electron chi connectivity index (χ3n) is 4.92. The van der Waals surface area contributed by atoms with E-state index in [-0.39, 0.29) is 11.2 Å². The van der Waals surface area contributed by atoms with Crippen LogP contribution in [-0.2, 0) is 28.5 Å². The molecular formula is C19H24FN3O10. The van der Waals surface area contributed by atoms with Gasteiger partial charge >= 0.3 is 23.9 Å². The SMILES string of the molecule is CNCCCOC(=O)n1c(=O)ccn([C@@H]2O[C@](F)(COC(=O)C(C)C)[C@H]3OC(=O)O[C@@H]23)c1=O. The van der Waals surface area contributed by atoms with E-state index >= 15 is 4.39 Å². The molecule has 0 aromatic carbocycles. The third kappa shape index (κ3) is 4.90. The standard InChI is InChI=1S/C19H24FN3O10/c1-10(2)15(25)30-9-19(20)13-12(31-18(28)32-13)14(33-19)22-7-5-11(24)23(16(22)26)17(27)29-8-4-6-21-3/h5,7,10,12-14,21H,4,6,8-9H2,1-3H3/t12-,13+,14-,19-/m1/s1. The summed E-state index contributed by atoms with van der Waals surface area (Å²) in [5, 5.41) is 2.84. The Bertz CT molecular complexity index is 1040. The van der Waals surface area contributed by atoms with Gasteiger partial charge in [0.25, 0.3) is 11.4 Å². The Morgan fingerprint density at radius 1 is 1.24 bits per heavy atom. The van der Waals surface area contributed by atoms with Crippen LogP contribution in [0.3, 0.4) is 0 Å². The van der Waals surface area contributed by atoms with Gasteiger partial charge in [-0.15, -0.1) is 0 Å². The van der Waals surface area contributed by atoms with Gasteiger partial charge in [0.1, 0.15) is 0 Å². The van der Waals surface area contributed by atoms with Crippen molar-refractivity contribution in [2.24, 2.45) is 5.92 Å². The Balaban J connectivity index is 1.88. The first kappa shape index (κ1) is 24.4. The largest absolute Gasteiger partial charge is 0.509 e. The molecule has 2 aliphatic rings. The summed E-state index contributed by atoms with van der Waals surface area (Å²) in [5.41, 5.74) is -2.20. The lowest BCUT2D eigenvalue weighted by Gasteiger charge is -2.24. The molecule has 1 aromatic heterocycles. The quantitative estimate of drug-likeness (QED) is 0.306. The smallest absolute Gasteiger partial charge is 0.459 e. The topological polar surface area (TPSA) is 153 Å². The first-order valence-corrected chi connectivity index (χ1v) is 10.2. The van der Waals surface area contributed by atoms with E-state index < -0.39 is 66.3 Å². The molecule has 3 rings (SSSR count). The lowest BCUT2D eigenvalue weighted by Crippen LogP contribution is -2.46. The summed E-state index contributed by atoms with van der Waals surface area (Å²) in [6.07, 6.45) is -5.83. The Labute approximate surface area is 186 Å². The van der Waals surface area contributed by atoms with Crippen molar-refractivity contribution in [3.63, 3.8) is 0 Å². The fourth-order valence-electron chi connectivity index (χ4n) is 3.24. The highest BCUT2D eigenvalue weighted by Gasteiger charge is 2.65. The summed E-state index contributed by atoms with van der Waals surface area (Å²) >= 11 is 0. The molecule has 1 aromatic rings. The Hall–Kier alpha value is -3.26. The second kappa shape index (κ2) is 9.70. The Morgan fingerprint density at radius 2 is 1.97 bits per heavy atom. The molecule has 182 valence electrons. The number of fused-ring (bicyclic) bond motifs is 1. The Kier molecular flexibility index (Phi) is 7.17. The highest BCUT2D eigenvalue weighted by Crippen LogP contribution is 2.44. The van der Waals surface area contributed by atoms with Crippen LogP contribution in [0.4, 0.5) is 14.0 Å². The van der Waals surface area contributed by atoms with E-state index in [0.717, 1.165) is 12.3 Å². The van der Waals surface area contributed by atoms with Gasteiger partial charge in [0.15, 0.2) is 18.9 Å². The molecule has 33 heavy (non-hydrogen) atoms. The maximum atomic E-state index is 15.6. The molecule has 2 fully saturated rings. The van der Waals surface area contributed by atoms with Gasteiger partial charge in [-0.05, 0) is 20.0 Å². The minimum Gasteiger partial charge on any atom is -0.459 e. The molecule has 0 aliphatic carbocycles. The van der Waals surface area contributed by atoms with Crippen LogP contribution in [0, 0.1) is 5.92 Å². The van der Waals surface area contributed by atoms with Crippen molar-refractivity contribution in [2.75, 3.05) is 26.8 Å². The number of aromatic nitrogens is 2. The van der Waals surface area contributed by atoms with Crippen LogP contribution in [0.5, 0.6) is 0 Å². The number of carbonyl (C=O) groups excluding carboxylic acids is 3. The fourth-order valence-corrected chi connectivity index (χ4v) is 3.24. The fraction of sp³-hybridized carbons (Fsp3) is 0.632. The number of nitrogens with zero attached hydrogens (tertiary/aromatic N) is 2. The van der Waals surface area contributed by atoms with E-state index in [2.05, 4.69) is 5.32 Å². The molecule has 0 spiro atoms. The number of ether oxygens (including phenoxy) is 5. The summed E-state index contributed by atoms with van der Waals surface area (Å²) in [6.45, 7) is 2.60. The van der Waals surface area contributed by atoms with Crippen molar-refractivity contribution in [2.45, 2.75) is 44.6 Å². The number of carbonyl (C=O) groups is 3.